The number of alkyl halides is 3. The van der Waals surface area contributed by atoms with Crippen LogP contribution in [0, 0.1) is 0 Å². The molecule has 0 aliphatic heterocycles. The van der Waals surface area contributed by atoms with Crippen molar-refractivity contribution in [3.63, 3.8) is 0 Å². The van der Waals surface area contributed by atoms with Gasteiger partial charge in [0.05, 0.1) is 24.7 Å². The number of para-hydroxylation sites is 1. The lowest BCUT2D eigenvalue weighted by atomic mass is 10.1. The second-order valence-electron chi connectivity index (χ2n) is 5.44. The molecule has 0 saturated carbocycles. The second-order valence-corrected chi connectivity index (χ2v) is 7.38. The summed E-state index contributed by atoms with van der Waals surface area (Å²) in [5.41, 5.74) is -4.97. The molecule has 2 aromatic carbocycles. The molecule has 3 aromatic rings. The minimum Gasteiger partial charge on any atom is -0.493 e. The number of rotatable bonds is 5. The van der Waals surface area contributed by atoms with Crippen molar-refractivity contribution in [1.29, 1.82) is 0 Å². The van der Waals surface area contributed by atoms with Crippen LogP contribution in [0.25, 0.3) is 22.8 Å². The summed E-state index contributed by atoms with van der Waals surface area (Å²) in [5.74, 6) is 0.698. The van der Waals surface area contributed by atoms with Crippen molar-refractivity contribution >= 4 is 9.84 Å². The van der Waals surface area contributed by atoms with Crippen LogP contribution < -0.4 is 9.47 Å². The Morgan fingerprint density at radius 1 is 1.04 bits per heavy atom. The smallest absolute Gasteiger partial charge is 0.493 e. The van der Waals surface area contributed by atoms with Gasteiger partial charge in [-0.2, -0.15) is 18.2 Å². The molecule has 0 fully saturated rings. The van der Waals surface area contributed by atoms with Gasteiger partial charge < -0.3 is 14.0 Å². The number of aromatic nitrogens is 2. The molecular weight excluding hydrogens is 401 g/mol. The molecule has 28 heavy (non-hydrogen) atoms. The van der Waals surface area contributed by atoms with Crippen molar-refractivity contribution < 1.29 is 35.6 Å². The number of ether oxygens (including phenoxy) is 2. The third-order valence-electron chi connectivity index (χ3n) is 3.77. The molecule has 0 bridgehead atoms. The van der Waals surface area contributed by atoms with Crippen LogP contribution in [0.15, 0.2) is 51.9 Å². The maximum Gasteiger partial charge on any atom is 0.501 e. The van der Waals surface area contributed by atoms with Gasteiger partial charge in [-0.05, 0) is 30.3 Å². The molecule has 0 aliphatic carbocycles. The molecule has 0 saturated heterocycles. The van der Waals surface area contributed by atoms with E-state index in [0.29, 0.717) is 17.1 Å². The van der Waals surface area contributed by atoms with E-state index in [1.807, 2.05) is 0 Å². The van der Waals surface area contributed by atoms with E-state index >= 15 is 0 Å². The number of benzene rings is 2. The minimum absolute atomic E-state index is 0.0194. The van der Waals surface area contributed by atoms with Crippen LogP contribution in [-0.2, 0) is 9.84 Å². The van der Waals surface area contributed by atoms with Gasteiger partial charge >= 0.3 is 5.51 Å². The first-order chi connectivity index (χ1) is 13.2. The first kappa shape index (κ1) is 19.7. The number of hydrogen-bond donors (Lipinski definition) is 0. The van der Waals surface area contributed by atoms with E-state index in [1.54, 1.807) is 18.2 Å². The Morgan fingerprint density at radius 2 is 1.75 bits per heavy atom. The zero-order chi connectivity index (χ0) is 20.5. The van der Waals surface area contributed by atoms with Crippen LogP contribution in [0.2, 0.25) is 0 Å². The van der Waals surface area contributed by atoms with Crippen molar-refractivity contribution in [3.8, 4) is 34.3 Å². The van der Waals surface area contributed by atoms with E-state index in [1.165, 1.54) is 20.3 Å². The zero-order valence-corrected chi connectivity index (χ0v) is 15.3. The number of methoxy groups -OCH3 is 2. The Morgan fingerprint density at radius 3 is 2.39 bits per heavy atom. The van der Waals surface area contributed by atoms with Crippen molar-refractivity contribution in [2.24, 2.45) is 0 Å². The fourth-order valence-corrected chi connectivity index (χ4v) is 3.25. The lowest BCUT2D eigenvalue weighted by Gasteiger charge is -2.09. The van der Waals surface area contributed by atoms with Crippen LogP contribution in [0.4, 0.5) is 13.2 Å². The number of nitrogens with zero attached hydrogens (tertiary/aromatic N) is 2. The molecule has 1 aromatic heterocycles. The highest BCUT2D eigenvalue weighted by Gasteiger charge is 2.47. The molecular formula is C17H13F3N2O5S. The van der Waals surface area contributed by atoms with Crippen LogP contribution in [0.3, 0.4) is 0 Å². The van der Waals surface area contributed by atoms with Gasteiger partial charge in [0, 0.05) is 5.56 Å². The maximum atomic E-state index is 12.8. The summed E-state index contributed by atoms with van der Waals surface area (Å²) < 4.78 is 77.1. The van der Waals surface area contributed by atoms with Crippen LogP contribution in [0.5, 0.6) is 11.5 Å². The Labute approximate surface area is 157 Å². The first-order valence-electron chi connectivity index (χ1n) is 7.66. The number of halogens is 3. The largest absolute Gasteiger partial charge is 0.501 e. The van der Waals surface area contributed by atoms with Crippen molar-refractivity contribution in [1.82, 2.24) is 10.1 Å². The summed E-state index contributed by atoms with van der Waals surface area (Å²) >= 11 is 0. The normalized spacial score (nSPS) is 12.0. The summed E-state index contributed by atoms with van der Waals surface area (Å²) in [6.45, 7) is 0. The molecule has 0 N–H and O–H groups in total. The summed E-state index contributed by atoms with van der Waals surface area (Å²) in [4.78, 5) is 3.21. The van der Waals surface area contributed by atoms with E-state index in [-0.39, 0.29) is 17.3 Å². The molecule has 7 nitrogen and oxygen atoms in total. The summed E-state index contributed by atoms with van der Waals surface area (Å²) in [5, 5.41) is 3.79. The standard InChI is InChI=1S/C17H13F3N2O5S/c1-25-13-8-4-7-12(14(13)26-2)15-21-16(27-22-15)10-5-3-6-11(9-10)28(23,24)17(18,19)20/h3-9H,1-2H3. The quantitative estimate of drug-likeness (QED) is 0.628. The molecule has 0 unspecified atom stereocenters. The molecule has 3 rings (SSSR count). The van der Waals surface area contributed by atoms with E-state index in [2.05, 4.69) is 10.1 Å². The molecule has 0 spiro atoms. The highest BCUT2D eigenvalue weighted by molar-refractivity contribution is 7.92. The lowest BCUT2D eigenvalue weighted by Crippen LogP contribution is -2.23. The Bertz CT molecular complexity index is 1110. The SMILES string of the molecule is COc1cccc(-c2noc(-c3cccc(S(=O)(=O)C(F)(F)F)c3)n2)c1OC. The molecule has 11 heteroatoms. The predicted molar refractivity (Wildman–Crippen MR) is 91.5 cm³/mol. The Balaban J connectivity index is 2.04. The average molecular weight is 414 g/mol. The Kier molecular flexibility index (Phi) is 5.02. The maximum absolute atomic E-state index is 12.8. The van der Waals surface area contributed by atoms with Crippen molar-refractivity contribution in [2.45, 2.75) is 10.4 Å². The predicted octanol–water partition coefficient (Wildman–Crippen LogP) is 3.71. The van der Waals surface area contributed by atoms with Crippen molar-refractivity contribution in [2.75, 3.05) is 14.2 Å². The van der Waals surface area contributed by atoms with Gasteiger partial charge in [0.2, 0.25) is 5.82 Å². The van der Waals surface area contributed by atoms with E-state index in [0.717, 1.165) is 18.2 Å². The third kappa shape index (κ3) is 3.40. The average Bonchev–Trinajstić information content (AvgIpc) is 3.16. The van der Waals surface area contributed by atoms with Gasteiger partial charge in [0.15, 0.2) is 11.5 Å². The molecule has 0 radical (unpaired) electrons. The van der Waals surface area contributed by atoms with Gasteiger partial charge in [-0.1, -0.05) is 17.3 Å². The van der Waals surface area contributed by atoms with Crippen LogP contribution >= 0.6 is 0 Å². The molecule has 0 atom stereocenters. The fraction of sp³-hybridized carbons (Fsp3) is 0.176. The lowest BCUT2D eigenvalue weighted by molar-refractivity contribution is -0.0436. The topological polar surface area (TPSA) is 91.5 Å². The zero-order valence-electron chi connectivity index (χ0n) is 14.5. The summed E-state index contributed by atoms with van der Waals surface area (Å²) in [7, 11) is -2.62. The monoisotopic (exact) mass is 414 g/mol. The van der Waals surface area contributed by atoms with Crippen LogP contribution in [0.1, 0.15) is 0 Å². The van der Waals surface area contributed by atoms with E-state index in [9.17, 15) is 21.6 Å². The fourth-order valence-electron chi connectivity index (χ4n) is 2.44. The Hall–Kier alpha value is -3.08. The van der Waals surface area contributed by atoms with Crippen molar-refractivity contribution in [3.05, 3.63) is 42.5 Å². The second kappa shape index (κ2) is 7.15. The first-order valence-corrected chi connectivity index (χ1v) is 9.14. The highest BCUT2D eigenvalue weighted by Crippen LogP contribution is 2.37. The highest BCUT2D eigenvalue weighted by atomic mass is 32.2. The minimum atomic E-state index is -5.50. The molecule has 1 heterocycles. The molecule has 0 amide bonds. The summed E-state index contributed by atoms with van der Waals surface area (Å²) in [6, 6.07) is 9.15. The number of hydrogen-bond acceptors (Lipinski definition) is 7. The number of sulfone groups is 1. The van der Waals surface area contributed by atoms with Gasteiger partial charge in [0.25, 0.3) is 15.7 Å². The van der Waals surface area contributed by atoms with Crippen LogP contribution in [-0.4, -0.2) is 38.3 Å². The van der Waals surface area contributed by atoms with Gasteiger partial charge in [0.1, 0.15) is 0 Å². The third-order valence-corrected chi connectivity index (χ3v) is 5.25. The molecule has 0 aliphatic rings. The van der Waals surface area contributed by atoms with Gasteiger partial charge in [-0.3, -0.25) is 0 Å². The molecule has 148 valence electrons. The van der Waals surface area contributed by atoms with E-state index < -0.39 is 20.2 Å². The summed E-state index contributed by atoms with van der Waals surface area (Å²) in [6.07, 6.45) is 0. The van der Waals surface area contributed by atoms with Gasteiger partial charge in [-0.25, -0.2) is 8.42 Å². The van der Waals surface area contributed by atoms with E-state index in [4.69, 9.17) is 14.0 Å². The van der Waals surface area contributed by atoms with Gasteiger partial charge in [-0.15, -0.1) is 0 Å².